The van der Waals surface area contributed by atoms with Gasteiger partial charge in [0.2, 0.25) is 0 Å². The summed E-state index contributed by atoms with van der Waals surface area (Å²) in [5, 5.41) is 0. The van der Waals surface area contributed by atoms with Gasteiger partial charge < -0.3 is 0 Å². The van der Waals surface area contributed by atoms with Gasteiger partial charge in [0, 0.05) is 0 Å². The van der Waals surface area contributed by atoms with E-state index >= 15 is 0 Å². The van der Waals surface area contributed by atoms with Crippen molar-refractivity contribution in [2.75, 3.05) is 0 Å². The van der Waals surface area contributed by atoms with Crippen LogP contribution in [0.25, 0.3) is 0 Å². The summed E-state index contributed by atoms with van der Waals surface area (Å²) in [7, 11) is 0. The van der Waals surface area contributed by atoms with Gasteiger partial charge in [-0.1, -0.05) is 80.1 Å². The van der Waals surface area contributed by atoms with Gasteiger partial charge in [-0.15, -0.1) is 0 Å². The maximum absolute atomic E-state index is 2.46. The topological polar surface area (TPSA) is 0 Å². The first-order chi connectivity index (χ1) is 8.95. The Labute approximate surface area is 123 Å². The van der Waals surface area contributed by atoms with E-state index < -0.39 is 0 Å². The van der Waals surface area contributed by atoms with Crippen LogP contribution in [0.1, 0.15) is 99.3 Å². The molecule has 0 saturated carbocycles. The smallest absolute Gasteiger partial charge is 0.0438 e. The van der Waals surface area contributed by atoms with Gasteiger partial charge in [0.05, 0.1) is 0 Å². The zero-order valence-corrected chi connectivity index (χ0v) is 14.7. The average Bonchev–Trinajstić information content (AvgIpc) is 2.26. The van der Waals surface area contributed by atoms with Crippen molar-refractivity contribution in [3.63, 3.8) is 0 Å². The summed E-state index contributed by atoms with van der Waals surface area (Å²) in [6.45, 7) is 14.3. The van der Waals surface area contributed by atoms with Crippen molar-refractivity contribution in [1.29, 1.82) is 0 Å². The Morgan fingerprint density at radius 3 is 1.68 bits per heavy atom. The van der Waals surface area contributed by atoms with Crippen LogP contribution in [0.3, 0.4) is 0 Å². The van der Waals surface area contributed by atoms with Gasteiger partial charge in [-0.05, 0) is 42.9 Å². The number of hydrogen-bond acceptors (Lipinski definition) is 0. The molecule has 0 heteroatoms. The van der Waals surface area contributed by atoms with Crippen LogP contribution in [0.2, 0.25) is 0 Å². The van der Waals surface area contributed by atoms with E-state index in [1.165, 1.54) is 57.8 Å². The summed E-state index contributed by atoms with van der Waals surface area (Å²) < 4.78 is 0. The molecule has 0 rings (SSSR count). The second-order valence-corrected chi connectivity index (χ2v) is 7.62. The number of unbranched alkanes of at least 4 members (excludes halogenated alkanes) is 4. The monoisotopic (exact) mass is 268 g/mol. The third-order valence-electron chi connectivity index (χ3n) is 4.28. The van der Waals surface area contributed by atoms with Crippen LogP contribution >= 0.6 is 0 Å². The molecule has 0 heterocycles. The summed E-state index contributed by atoms with van der Waals surface area (Å²) in [6, 6.07) is 0. The molecule has 19 heavy (non-hydrogen) atoms. The lowest BCUT2D eigenvalue weighted by Crippen LogP contribution is -2.09. The molecule has 0 N–H and O–H groups in total. The van der Waals surface area contributed by atoms with Crippen LogP contribution < -0.4 is 0 Å². The highest BCUT2D eigenvalue weighted by atomic mass is 14.2. The Morgan fingerprint density at radius 2 is 1.11 bits per heavy atom. The molecule has 3 unspecified atom stereocenters. The second-order valence-electron chi connectivity index (χ2n) is 7.62. The predicted molar refractivity (Wildman–Crippen MR) is 89.6 cm³/mol. The van der Waals surface area contributed by atoms with Gasteiger partial charge in [0.1, 0.15) is 0 Å². The van der Waals surface area contributed by atoms with Crippen molar-refractivity contribution >= 4 is 0 Å². The lowest BCUT2D eigenvalue weighted by molar-refractivity contribution is 0.303. The largest absolute Gasteiger partial charge is 0.0654 e. The third-order valence-corrected chi connectivity index (χ3v) is 4.28. The van der Waals surface area contributed by atoms with E-state index in [1.54, 1.807) is 0 Å². The normalized spacial score (nSPS) is 16.6. The first kappa shape index (κ1) is 19.0. The van der Waals surface area contributed by atoms with E-state index in [9.17, 15) is 0 Å². The van der Waals surface area contributed by atoms with Crippen molar-refractivity contribution in [3.05, 3.63) is 0 Å². The van der Waals surface area contributed by atoms with E-state index in [2.05, 4.69) is 41.5 Å². The van der Waals surface area contributed by atoms with Crippen LogP contribution in [0.5, 0.6) is 0 Å². The molecule has 0 aromatic heterocycles. The van der Waals surface area contributed by atoms with E-state index in [4.69, 9.17) is 0 Å². The lowest BCUT2D eigenvalue weighted by Gasteiger charge is -2.21. The lowest BCUT2D eigenvalue weighted by atomic mass is 9.84. The highest BCUT2D eigenvalue weighted by Crippen LogP contribution is 2.26. The fourth-order valence-corrected chi connectivity index (χ4v) is 3.59. The SMILES string of the molecule is CCCCCCCC(C)CC(C)CC(C)CC(C)C. The van der Waals surface area contributed by atoms with Gasteiger partial charge in [0.15, 0.2) is 0 Å². The molecule has 0 aromatic carbocycles. The van der Waals surface area contributed by atoms with Crippen molar-refractivity contribution in [2.45, 2.75) is 99.3 Å². The van der Waals surface area contributed by atoms with Crippen molar-refractivity contribution in [2.24, 2.45) is 23.7 Å². The Balaban J connectivity index is 3.59. The summed E-state index contributed by atoms with van der Waals surface area (Å²) in [5.74, 6) is 3.62. The molecule has 0 aromatic rings. The fourth-order valence-electron chi connectivity index (χ4n) is 3.59. The van der Waals surface area contributed by atoms with Crippen molar-refractivity contribution in [1.82, 2.24) is 0 Å². The van der Waals surface area contributed by atoms with Crippen molar-refractivity contribution in [3.8, 4) is 0 Å². The molecule has 0 saturated heterocycles. The van der Waals surface area contributed by atoms with Gasteiger partial charge in [-0.3, -0.25) is 0 Å². The maximum Gasteiger partial charge on any atom is -0.0438 e. The maximum atomic E-state index is 2.46. The van der Waals surface area contributed by atoms with E-state index in [-0.39, 0.29) is 0 Å². The van der Waals surface area contributed by atoms with Gasteiger partial charge in [0.25, 0.3) is 0 Å². The summed E-state index contributed by atoms with van der Waals surface area (Å²) in [5.41, 5.74) is 0. The summed E-state index contributed by atoms with van der Waals surface area (Å²) >= 11 is 0. The first-order valence-corrected chi connectivity index (χ1v) is 8.95. The molecule has 0 spiro atoms. The minimum atomic E-state index is 0.859. The molecule has 0 aliphatic carbocycles. The zero-order chi connectivity index (χ0) is 14.7. The van der Waals surface area contributed by atoms with Crippen LogP contribution in [-0.2, 0) is 0 Å². The molecule has 3 atom stereocenters. The molecule has 116 valence electrons. The minimum Gasteiger partial charge on any atom is -0.0654 e. The molecule has 0 fully saturated rings. The van der Waals surface area contributed by atoms with Gasteiger partial charge >= 0.3 is 0 Å². The fraction of sp³-hybridized carbons (Fsp3) is 1.00. The van der Waals surface area contributed by atoms with E-state index in [1.807, 2.05) is 0 Å². The highest BCUT2D eigenvalue weighted by Gasteiger charge is 2.13. The molecule has 0 amide bonds. The third kappa shape index (κ3) is 12.8. The Kier molecular flexibility index (Phi) is 11.8. The zero-order valence-electron chi connectivity index (χ0n) is 14.7. The highest BCUT2D eigenvalue weighted by molar-refractivity contribution is 4.65. The molecule has 0 aliphatic heterocycles. The molecule has 0 bridgehead atoms. The van der Waals surface area contributed by atoms with Crippen LogP contribution in [0, 0.1) is 23.7 Å². The summed E-state index contributed by atoms with van der Waals surface area (Å²) in [4.78, 5) is 0. The van der Waals surface area contributed by atoms with Crippen LogP contribution in [0.4, 0.5) is 0 Å². The molecular weight excluding hydrogens is 228 g/mol. The quantitative estimate of drug-likeness (QED) is 0.332. The van der Waals surface area contributed by atoms with Crippen LogP contribution in [-0.4, -0.2) is 0 Å². The average molecular weight is 269 g/mol. The minimum absolute atomic E-state index is 0.859. The standard InChI is InChI=1S/C19H40/c1-7-8-9-10-11-12-17(4)14-19(6)15-18(5)13-16(2)3/h16-19H,7-15H2,1-6H3. The van der Waals surface area contributed by atoms with Crippen molar-refractivity contribution < 1.29 is 0 Å². The second kappa shape index (κ2) is 11.8. The Hall–Kier alpha value is 0. The van der Waals surface area contributed by atoms with E-state index in [0.29, 0.717) is 0 Å². The van der Waals surface area contributed by atoms with E-state index in [0.717, 1.165) is 23.7 Å². The number of hydrogen-bond donors (Lipinski definition) is 0. The Bertz CT molecular complexity index is 182. The number of rotatable bonds is 12. The predicted octanol–water partition coefficient (Wildman–Crippen LogP) is 7.08. The van der Waals surface area contributed by atoms with Gasteiger partial charge in [-0.25, -0.2) is 0 Å². The molecule has 0 nitrogen and oxygen atoms in total. The molecular formula is C19H40. The van der Waals surface area contributed by atoms with Gasteiger partial charge in [-0.2, -0.15) is 0 Å². The first-order valence-electron chi connectivity index (χ1n) is 8.95. The molecule has 0 radical (unpaired) electrons. The Morgan fingerprint density at radius 1 is 0.579 bits per heavy atom. The molecule has 0 aliphatic rings. The van der Waals surface area contributed by atoms with Crippen LogP contribution in [0.15, 0.2) is 0 Å². The summed E-state index contributed by atoms with van der Waals surface area (Å²) in [6.07, 6.45) is 12.9.